The molecule has 17 heavy (non-hydrogen) atoms. The lowest BCUT2D eigenvalue weighted by Crippen LogP contribution is -2.19. The molecule has 2 rings (SSSR count). The molecule has 0 saturated heterocycles. The van der Waals surface area contributed by atoms with Gasteiger partial charge in [-0.25, -0.2) is 10.4 Å². The third-order valence-corrected chi connectivity index (χ3v) is 3.36. The van der Waals surface area contributed by atoms with Gasteiger partial charge in [0, 0.05) is 10.3 Å². The summed E-state index contributed by atoms with van der Waals surface area (Å²) in [5.41, 5.74) is 8.57. The van der Waals surface area contributed by atoms with Crippen LogP contribution in [0.5, 0.6) is 0 Å². The van der Waals surface area contributed by atoms with Crippen molar-refractivity contribution in [1.29, 1.82) is 0 Å². The standard InChI is InChI=1S/C10H10N4OS2/c11-10-13-7(6-17-10)4-9(15)14-12-5-8-2-1-3-16-8/h1-3,5-6H,4H2,(H2,11,13)(H,14,15)/b12-5+. The first-order valence-corrected chi connectivity index (χ1v) is 6.55. The van der Waals surface area contributed by atoms with Crippen molar-refractivity contribution in [3.63, 3.8) is 0 Å². The first-order chi connectivity index (χ1) is 8.24. The van der Waals surface area contributed by atoms with Crippen molar-refractivity contribution in [2.75, 3.05) is 5.73 Å². The Morgan fingerprint density at radius 3 is 3.12 bits per heavy atom. The first kappa shape index (κ1) is 11.7. The Morgan fingerprint density at radius 2 is 2.47 bits per heavy atom. The van der Waals surface area contributed by atoms with Crippen LogP contribution in [-0.4, -0.2) is 17.1 Å². The van der Waals surface area contributed by atoms with Gasteiger partial charge in [-0.1, -0.05) is 6.07 Å². The highest BCUT2D eigenvalue weighted by Crippen LogP contribution is 2.11. The maximum Gasteiger partial charge on any atom is 0.246 e. The van der Waals surface area contributed by atoms with Gasteiger partial charge in [0.05, 0.1) is 18.3 Å². The van der Waals surface area contributed by atoms with Crippen molar-refractivity contribution in [1.82, 2.24) is 10.4 Å². The number of carbonyl (C=O) groups excluding carboxylic acids is 1. The molecule has 0 aliphatic rings. The quantitative estimate of drug-likeness (QED) is 0.649. The number of rotatable bonds is 4. The second-order valence-corrected chi connectivity index (χ2v) is 5.03. The molecule has 0 aromatic carbocycles. The van der Waals surface area contributed by atoms with Crippen molar-refractivity contribution in [2.24, 2.45) is 5.10 Å². The molecule has 7 heteroatoms. The van der Waals surface area contributed by atoms with Crippen molar-refractivity contribution in [3.8, 4) is 0 Å². The molecule has 1 amide bonds. The van der Waals surface area contributed by atoms with E-state index in [1.807, 2.05) is 17.5 Å². The van der Waals surface area contributed by atoms with Gasteiger partial charge in [-0.3, -0.25) is 4.79 Å². The Kier molecular flexibility index (Phi) is 3.84. The third kappa shape index (κ3) is 3.65. The number of aromatic nitrogens is 1. The second-order valence-electron chi connectivity index (χ2n) is 3.16. The number of carbonyl (C=O) groups is 1. The van der Waals surface area contributed by atoms with E-state index in [2.05, 4.69) is 15.5 Å². The summed E-state index contributed by atoms with van der Waals surface area (Å²) in [4.78, 5) is 16.4. The zero-order valence-electron chi connectivity index (χ0n) is 8.79. The number of nitrogen functional groups attached to an aromatic ring is 1. The Balaban J connectivity index is 1.82. The molecule has 0 unspecified atom stereocenters. The predicted octanol–water partition coefficient (Wildman–Crippen LogP) is 1.48. The van der Waals surface area contributed by atoms with Crippen molar-refractivity contribution < 1.29 is 4.79 Å². The number of nitrogens with zero attached hydrogens (tertiary/aromatic N) is 2. The van der Waals surface area contributed by atoms with E-state index in [0.29, 0.717) is 10.8 Å². The summed E-state index contributed by atoms with van der Waals surface area (Å²) in [6.07, 6.45) is 1.80. The summed E-state index contributed by atoms with van der Waals surface area (Å²) >= 11 is 2.87. The average molecular weight is 266 g/mol. The van der Waals surface area contributed by atoms with Crippen LogP contribution in [0.15, 0.2) is 28.0 Å². The Hall–Kier alpha value is -1.73. The predicted molar refractivity (Wildman–Crippen MR) is 70.3 cm³/mol. The summed E-state index contributed by atoms with van der Waals surface area (Å²) in [6.45, 7) is 0. The molecule has 88 valence electrons. The normalized spacial score (nSPS) is 10.8. The summed E-state index contributed by atoms with van der Waals surface area (Å²) in [5, 5.41) is 8.02. The molecule has 0 aliphatic heterocycles. The minimum absolute atomic E-state index is 0.190. The zero-order chi connectivity index (χ0) is 12.1. The Bertz CT molecular complexity index is 518. The molecular weight excluding hydrogens is 256 g/mol. The van der Waals surface area contributed by atoms with Gasteiger partial charge in [-0.05, 0) is 11.4 Å². The number of thiazole rings is 1. The highest BCUT2D eigenvalue weighted by Gasteiger charge is 2.05. The highest BCUT2D eigenvalue weighted by atomic mass is 32.1. The molecule has 2 aromatic rings. The van der Waals surface area contributed by atoms with Crippen molar-refractivity contribution in [3.05, 3.63) is 33.5 Å². The smallest absolute Gasteiger partial charge is 0.246 e. The fraction of sp³-hybridized carbons (Fsp3) is 0.100. The van der Waals surface area contributed by atoms with Gasteiger partial charge >= 0.3 is 0 Å². The maximum absolute atomic E-state index is 11.5. The number of hydrogen-bond donors (Lipinski definition) is 2. The fourth-order valence-electron chi connectivity index (χ4n) is 1.14. The molecule has 0 bridgehead atoms. The molecule has 0 saturated carbocycles. The molecule has 5 nitrogen and oxygen atoms in total. The topological polar surface area (TPSA) is 80.4 Å². The van der Waals surface area contributed by atoms with Gasteiger partial charge in [0.1, 0.15) is 0 Å². The molecule has 2 heterocycles. The molecule has 0 aliphatic carbocycles. The lowest BCUT2D eigenvalue weighted by atomic mass is 10.3. The van der Waals surface area contributed by atoms with Gasteiger partial charge in [-0.15, -0.1) is 22.7 Å². The summed E-state index contributed by atoms with van der Waals surface area (Å²) in [6, 6.07) is 3.84. The third-order valence-electron chi connectivity index (χ3n) is 1.84. The van der Waals surface area contributed by atoms with E-state index in [4.69, 9.17) is 5.73 Å². The van der Waals surface area contributed by atoms with E-state index >= 15 is 0 Å². The van der Waals surface area contributed by atoms with Crippen LogP contribution in [0.4, 0.5) is 5.13 Å². The van der Waals surface area contributed by atoms with Crippen LogP contribution in [0, 0.1) is 0 Å². The summed E-state index contributed by atoms with van der Waals surface area (Å²) in [7, 11) is 0. The van der Waals surface area contributed by atoms with E-state index in [0.717, 1.165) is 4.88 Å². The number of nitrogens with one attached hydrogen (secondary N) is 1. The molecule has 3 N–H and O–H groups in total. The molecule has 0 fully saturated rings. The highest BCUT2D eigenvalue weighted by molar-refractivity contribution is 7.13. The molecular formula is C10H10N4OS2. The molecule has 0 radical (unpaired) electrons. The zero-order valence-corrected chi connectivity index (χ0v) is 10.4. The second kappa shape index (κ2) is 5.55. The molecule has 0 spiro atoms. The lowest BCUT2D eigenvalue weighted by Gasteiger charge is -1.95. The average Bonchev–Trinajstić information content (AvgIpc) is 2.90. The van der Waals surface area contributed by atoms with E-state index in [-0.39, 0.29) is 12.3 Å². The summed E-state index contributed by atoms with van der Waals surface area (Å²) < 4.78 is 0. The van der Waals surface area contributed by atoms with E-state index in [9.17, 15) is 4.79 Å². The molecule has 0 atom stereocenters. The SMILES string of the molecule is Nc1nc(CC(=O)N/N=C/c2cccs2)cs1. The number of anilines is 1. The van der Waals surface area contributed by atoms with Crippen LogP contribution in [0.2, 0.25) is 0 Å². The first-order valence-electron chi connectivity index (χ1n) is 4.79. The number of nitrogens with two attached hydrogens (primary N) is 1. The molecule has 2 aromatic heterocycles. The van der Waals surface area contributed by atoms with E-state index in [1.165, 1.54) is 11.3 Å². The van der Waals surface area contributed by atoms with Crippen molar-refractivity contribution >= 4 is 39.9 Å². The van der Waals surface area contributed by atoms with E-state index < -0.39 is 0 Å². The van der Waals surface area contributed by atoms with Gasteiger partial charge in [0.15, 0.2) is 5.13 Å². The van der Waals surface area contributed by atoms with Crippen LogP contribution in [0.1, 0.15) is 10.6 Å². The monoisotopic (exact) mass is 266 g/mol. The van der Waals surface area contributed by atoms with Crippen LogP contribution >= 0.6 is 22.7 Å². The van der Waals surface area contributed by atoms with Crippen molar-refractivity contribution in [2.45, 2.75) is 6.42 Å². The number of hydrazone groups is 1. The minimum atomic E-state index is -0.205. The summed E-state index contributed by atoms with van der Waals surface area (Å²) in [5.74, 6) is -0.205. The van der Waals surface area contributed by atoms with Crippen LogP contribution < -0.4 is 11.2 Å². The maximum atomic E-state index is 11.5. The van der Waals surface area contributed by atoms with Gasteiger partial charge in [-0.2, -0.15) is 5.10 Å². The Morgan fingerprint density at radius 1 is 1.59 bits per heavy atom. The van der Waals surface area contributed by atoms with Gasteiger partial charge < -0.3 is 5.73 Å². The van der Waals surface area contributed by atoms with Crippen LogP contribution in [-0.2, 0) is 11.2 Å². The van der Waals surface area contributed by atoms with Crippen LogP contribution in [0.25, 0.3) is 0 Å². The van der Waals surface area contributed by atoms with Crippen LogP contribution in [0.3, 0.4) is 0 Å². The fourth-order valence-corrected chi connectivity index (χ4v) is 2.29. The number of thiophene rings is 1. The number of amides is 1. The van der Waals surface area contributed by atoms with E-state index in [1.54, 1.807) is 22.9 Å². The largest absolute Gasteiger partial charge is 0.375 e. The number of hydrogen-bond acceptors (Lipinski definition) is 6. The van der Waals surface area contributed by atoms with Gasteiger partial charge in [0.2, 0.25) is 5.91 Å². The van der Waals surface area contributed by atoms with Gasteiger partial charge in [0.25, 0.3) is 0 Å². The Labute approximate surface area is 106 Å². The lowest BCUT2D eigenvalue weighted by molar-refractivity contribution is -0.120. The minimum Gasteiger partial charge on any atom is -0.375 e.